The largest absolute Gasteiger partial charge is 0.497 e. The van der Waals surface area contributed by atoms with Crippen LogP contribution >= 0.6 is 0 Å². The van der Waals surface area contributed by atoms with E-state index in [2.05, 4.69) is 0 Å². The Labute approximate surface area is 83.3 Å². The van der Waals surface area contributed by atoms with Crippen LogP contribution in [0.4, 0.5) is 0 Å². The van der Waals surface area contributed by atoms with E-state index in [0.29, 0.717) is 0 Å². The molecule has 0 N–H and O–H groups in total. The molecule has 0 bridgehead atoms. The van der Waals surface area contributed by atoms with Gasteiger partial charge in [-0.15, -0.1) is 0 Å². The minimum atomic E-state index is 0.0956. The third-order valence-corrected chi connectivity index (χ3v) is 2.55. The summed E-state index contributed by atoms with van der Waals surface area (Å²) in [6, 6.07) is 0. The zero-order valence-electron chi connectivity index (χ0n) is 8.41. The van der Waals surface area contributed by atoms with E-state index in [0.717, 1.165) is 24.3 Å². The number of rotatable bonds is 1. The predicted molar refractivity (Wildman–Crippen MR) is 53.5 cm³/mol. The maximum absolute atomic E-state index is 11.7. The van der Waals surface area contributed by atoms with E-state index in [1.54, 1.807) is 12.0 Å². The lowest BCUT2D eigenvalue weighted by molar-refractivity contribution is -0.124. The molecule has 0 radical (unpaired) electrons. The van der Waals surface area contributed by atoms with Gasteiger partial charge < -0.3 is 9.64 Å². The molecule has 0 aromatic heterocycles. The summed E-state index contributed by atoms with van der Waals surface area (Å²) >= 11 is 0. The second-order valence-electron chi connectivity index (χ2n) is 3.54. The van der Waals surface area contributed by atoms with Gasteiger partial charge in [-0.3, -0.25) is 4.79 Å². The third kappa shape index (κ3) is 1.35. The molecule has 2 aliphatic rings. The van der Waals surface area contributed by atoms with Crippen molar-refractivity contribution < 1.29 is 9.53 Å². The molecule has 3 nitrogen and oxygen atoms in total. The Hall–Kier alpha value is -1.51. The summed E-state index contributed by atoms with van der Waals surface area (Å²) in [5.74, 6) is 0.844. The standard InChI is InChI=1S/C11H13NO2/c1-12-7-8-4-3-5-9(14-2)6-10(8)11(12)13/h3,5-6H,4,7H2,1-2H3. The molecule has 1 heterocycles. The number of hydrogen-bond donors (Lipinski definition) is 0. The van der Waals surface area contributed by atoms with Crippen LogP contribution in [0.15, 0.2) is 35.1 Å². The average molecular weight is 191 g/mol. The molecule has 0 fully saturated rings. The average Bonchev–Trinajstić information content (AvgIpc) is 2.41. The van der Waals surface area contributed by atoms with Crippen molar-refractivity contribution in [2.75, 3.05) is 20.7 Å². The molecular formula is C11H13NO2. The van der Waals surface area contributed by atoms with Crippen molar-refractivity contribution in [3.8, 4) is 0 Å². The van der Waals surface area contributed by atoms with Gasteiger partial charge in [0.2, 0.25) is 0 Å². The highest BCUT2D eigenvalue weighted by molar-refractivity contribution is 5.99. The number of likely N-dealkylation sites (N-methyl/N-ethyl adjacent to an activating group) is 1. The highest BCUT2D eigenvalue weighted by Gasteiger charge is 2.26. The Morgan fingerprint density at radius 2 is 2.29 bits per heavy atom. The second-order valence-corrected chi connectivity index (χ2v) is 3.54. The number of methoxy groups -OCH3 is 1. The van der Waals surface area contributed by atoms with Gasteiger partial charge in [-0.05, 0) is 24.1 Å². The number of hydrogen-bond acceptors (Lipinski definition) is 2. The Morgan fingerprint density at radius 1 is 1.50 bits per heavy atom. The Morgan fingerprint density at radius 3 is 3.00 bits per heavy atom. The highest BCUT2D eigenvalue weighted by atomic mass is 16.5. The van der Waals surface area contributed by atoms with Crippen LogP contribution in [0.25, 0.3) is 0 Å². The van der Waals surface area contributed by atoms with Gasteiger partial charge in [-0.2, -0.15) is 0 Å². The van der Waals surface area contributed by atoms with Gasteiger partial charge in [0.25, 0.3) is 5.91 Å². The second kappa shape index (κ2) is 3.33. The number of nitrogens with zero attached hydrogens (tertiary/aromatic N) is 1. The fraction of sp³-hybridized carbons (Fsp3) is 0.364. The third-order valence-electron chi connectivity index (χ3n) is 2.55. The van der Waals surface area contributed by atoms with Crippen molar-refractivity contribution in [3.05, 3.63) is 35.1 Å². The molecule has 0 saturated carbocycles. The minimum absolute atomic E-state index is 0.0956. The molecule has 3 heteroatoms. The first kappa shape index (κ1) is 9.06. The zero-order valence-corrected chi connectivity index (χ0v) is 8.41. The Kier molecular flexibility index (Phi) is 2.15. The van der Waals surface area contributed by atoms with E-state index in [9.17, 15) is 4.79 Å². The first-order valence-electron chi connectivity index (χ1n) is 4.62. The number of amides is 1. The van der Waals surface area contributed by atoms with Crippen molar-refractivity contribution >= 4 is 5.91 Å². The molecule has 0 aromatic rings. The first-order chi connectivity index (χ1) is 6.72. The summed E-state index contributed by atoms with van der Waals surface area (Å²) in [7, 11) is 3.44. The number of ether oxygens (including phenoxy) is 1. The van der Waals surface area contributed by atoms with Gasteiger partial charge in [-0.1, -0.05) is 6.08 Å². The lowest BCUT2D eigenvalue weighted by Gasteiger charge is -2.08. The van der Waals surface area contributed by atoms with Crippen LogP contribution in [0.5, 0.6) is 0 Å². The van der Waals surface area contributed by atoms with Gasteiger partial charge in [0.05, 0.1) is 7.11 Å². The van der Waals surface area contributed by atoms with Crippen LogP contribution in [0.3, 0.4) is 0 Å². The van der Waals surface area contributed by atoms with E-state index in [-0.39, 0.29) is 5.91 Å². The molecule has 1 aliphatic carbocycles. The van der Waals surface area contributed by atoms with Crippen LogP contribution in [-0.4, -0.2) is 31.5 Å². The maximum atomic E-state index is 11.7. The van der Waals surface area contributed by atoms with Gasteiger partial charge >= 0.3 is 0 Å². The van der Waals surface area contributed by atoms with Gasteiger partial charge in [0, 0.05) is 19.2 Å². The molecule has 74 valence electrons. The molecule has 1 amide bonds. The number of carbonyl (C=O) groups is 1. The monoisotopic (exact) mass is 191 g/mol. The van der Waals surface area contributed by atoms with E-state index in [1.165, 1.54) is 5.57 Å². The Bertz CT molecular complexity index is 363. The summed E-state index contributed by atoms with van der Waals surface area (Å²) in [6.07, 6.45) is 6.61. The fourth-order valence-electron chi connectivity index (χ4n) is 1.77. The van der Waals surface area contributed by atoms with Crippen LogP contribution in [0, 0.1) is 0 Å². The summed E-state index contributed by atoms with van der Waals surface area (Å²) in [4.78, 5) is 13.4. The van der Waals surface area contributed by atoms with E-state index in [1.807, 2.05) is 25.3 Å². The SMILES string of the molecule is COC1=CC2=C(CC=C1)CN(C)C2=O. The molecule has 1 aliphatic heterocycles. The molecule has 14 heavy (non-hydrogen) atoms. The Balaban J connectivity index is 2.38. The van der Waals surface area contributed by atoms with Crippen LogP contribution in [0.2, 0.25) is 0 Å². The smallest absolute Gasteiger partial charge is 0.254 e. The molecule has 0 aromatic carbocycles. The zero-order chi connectivity index (χ0) is 10.1. The van der Waals surface area contributed by atoms with Gasteiger partial charge in [-0.25, -0.2) is 0 Å². The molecule has 2 rings (SSSR count). The number of allylic oxidation sites excluding steroid dienone is 2. The molecule has 0 unspecified atom stereocenters. The van der Waals surface area contributed by atoms with Crippen molar-refractivity contribution in [1.29, 1.82) is 0 Å². The lowest BCUT2D eigenvalue weighted by atomic mass is 10.1. The topological polar surface area (TPSA) is 29.5 Å². The highest BCUT2D eigenvalue weighted by Crippen LogP contribution is 2.25. The van der Waals surface area contributed by atoms with Crippen LogP contribution < -0.4 is 0 Å². The summed E-state index contributed by atoms with van der Waals surface area (Å²) in [6.45, 7) is 0.742. The van der Waals surface area contributed by atoms with E-state index >= 15 is 0 Å². The fourth-order valence-corrected chi connectivity index (χ4v) is 1.77. The predicted octanol–water partition coefficient (Wildman–Crippen LogP) is 1.25. The molecular weight excluding hydrogens is 178 g/mol. The lowest BCUT2D eigenvalue weighted by Crippen LogP contribution is -2.21. The van der Waals surface area contributed by atoms with Crippen molar-refractivity contribution in [1.82, 2.24) is 4.90 Å². The van der Waals surface area contributed by atoms with Crippen molar-refractivity contribution in [2.24, 2.45) is 0 Å². The van der Waals surface area contributed by atoms with Crippen molar-refractivity contribution in [3.63, 3.8) is 0 Å². The van der Waals surface area contributed by atoms with E-state index < -0.39 is 0 Å². The van der Waals surface area contributed by atoms with Crippen LogP contribution in [-0.2, 0) is 9.53 Å². The summed E-state index contributed by atoms with van der Waals surface area (Å²) in [5.41, 5.74) is 1.98. The van der Waals surface area contributed by atoms with E-state index in [4.69, 9.17) is 4.74 Å². The van der Waals surface area contributed by atoms with Gasteiger partial charge in [0.1, 0.15) is 5.76 Å². The molecule has 0 spiro atoms. The van der Waals surface area contributed by atoms with Gasteiger partial charge in [0.15, 0.2) is 0 Å². The maximum Gasteiger partial charge on any atom is 0.254 e. The summed E-state index contributed by atoms with van der Waals surface area (Å²) in [5, 5.41) is 0. The normalized spacial score (nSPS) is 20.9. The molecule has 0 saturated heterocycles. The summed E-state index contributed by atoms with van der Waals surface area (Å²) < 4.78 is 5.13. The first-order valence-corrected chi connectivity index (χ1v) is 4.62. The molecule has 0 atom stereocenters. The van der Waals surface area contributed by atoms with Crippen LogP contribution in [0.1, 0.15) is 6.42 Å². The minimum Gasteiger partial charge on any atom is -0.497 e. The van der Waals surface area contributed by atoms with Crippen molar-refractivity contribution in [2.45, 2.75) is 6.42 Å². The number of carbonyl (C=O) groups excluding carboxylic acids is 1. The quantitative estimate of drug-likeness (QED) is 0.624.